The van der Waals surface area contributed by atoms with Crippen molar-refractivity contribution in [3.63, 3.8) is 0 Å². The van der Waals surface area contributed by atoms with Crippen LogP contribution in [-0.2, 0) is 20.9 Å². The van der Waals surface area contributed by atoms with Crippen molar-refractivity contribution in [2.45, 2.75) is 79.2 Å². The molecule has 3 rings (SSSR count). The van der Waals surface area contributed by atoms with Crippen molar-refractivity contribution in [1.82, 2.24) is 4.57 Å². The topological polar surface area (TPSA) is 60.7 Å². The van der Waals surface area contributed by atoms with Gasteiger partial charge in [0.15, 0.2) is 4.80 Å². The van der Waals surface area contributed by atoms with E-state index in [4.69, 9.17) is 4.74 Å². The number of ether oxygens (including phenoxy) is 1. The quantitative estimate of drug-likeness (QED) is 0.560. The van der Waals surface area contributed by atoms with Crippen molar-refractivity contribution in [3.8, 4) is 0 Å². The summed E-state index contributed by atoms with van der Waals surface area (Å²) in [6.45, 7) is 8.57. The predicted octanol–water partition coefficient (Wildman–Crippen LogP) is 5.31. The molecule has 0 saturated heterocycles. The van der Waals surface area contributed by atoms with Crippen LogP contribution in [0.4, 0.5) is 0 Å². The summed E-state index contributed by atoms with van der Waals surface area (Å²) in [5.74, 6) is 0.424. The van der Waals surface area contributed by atoms with Crippen LogP contribution in [0.2, 0.25) is 0 Å². The van der Waals surface area contributed by atoms with E-state index in [1.54, 1.807) is 6.92 Å². The van der Waals surface area contributed by atoms with Crippen LogP contribution in [0.1, 0.15) is 69.9 Å². The van der Waals surface area contributed by atoms with Gasteiger partial charge < -0.3 is 9.30 Å². The van der Waals surface area contributed by atoms with Gasteiger partial charge in [0.1, 0.15) is 6.54 Å². The zero-order chi connectivity index (χ0) is 21.7. The monoisotopic (exact) mass is 430 g/mol. The minimum Gasteiger partial charge on any atom is -0.465 e. The SMILES string of the molecule is CCCCC1CCC(C(=O)N=c2sc3cc(C)c(C)cc3n2CC(=O)OCC)CC1. The third-order valence-electron chi connectivity index (χ3n) is 6.26. The first-order chi connectivity index (χ1) is 14.4. The number of amides is 1. The molecule has 1 heterocycles. The van der Waals surface area contributed by atoms with E-state index >= 15 is 0 Å². The number of hydrogen-bond acceptors (Lipinski definition) is 4. The summed E-state index contributed by atoms with van der Waals surface area (Å²) in [4.78, 5) is 30.3. The highest BCUT2D eigenvalue weighted by Crippen LogP contribution is 2.32. The van der Waals surface area contributed by atoms with Gasteiger partial charge in [0.25, 0.3) is 5.91 Å². The maximum atomic E-state index is 13.0. The van der Waals surface area contributed by atoms with E-state index in [2.05, 4.69) is 37.9 Å². The molecule has 1 saturated carbocycles. The number of unbranched alkanes of at least 4 members (excludes halogenated alkanes) is 1. The first-order valence-corrected chi connectivity index (χ1v) is 12.1. The third kappa shape index (κ3) is 5.39. The van der Waals surface area contributed by atoms with Gasteiger partial charge in [0, 0.05) is 5.92 Å². The zero-order valence-electron chi connectivity index (χ0n) is 18.7. The van der Waals surface area contributed by atoms with Crippen LogP contribution in [-0.4, -0.2) is 23.1 Å². The standard InChI is InChI=1S/C24H34N2O3S/c1-5-7-8-18-9-11-19(12-10-18)23(28)25-24-26(15-22(27)29-6-2)20-13-16(3)17(4)14-21(20)30-24/h13-14,18-19H,5-12,15H2,1-4H3. The van der Waals surface area contributed by atoms with Gasteiger partial charge >= 0.3 is 5.97 Å². The smallest absolute Gasteiger partial charge is 0.326 e. The summed E-state index contributed by atoms with van der Waals surface area (Å²) in [7, 11) is 0. The maximum Gasteiger partial charge on any atom is 0.326 e. The Morgan fingerprint density at radius 2 is 1.83 bits per heavy atom. The minimum absolute atomic E-state index is 0.00704. The van der Waals surface area contributed by atoms with Crippen LogP contribution in [0.3, 0.4) is 0 Å². The number of esters is 1. The predicted molar refractivity (Wildman–Crippen MR) is 121 cm³/mol. The Hall–Kier alpha value is -1.95. The summed E-state index contributed by atoms with van der Waals surface area (Å²) >= 11 is 1.48. The van der Waals surface area contributed by atoms with Gasteiger partial charge in [0.05, 0.1) is 16.8 Å². The van der Waals surface area contributed by atoms with Gasteiger partial charge in [-0.2, -0.15) is 4.99 Å². The molecule has 0 atom stereocenters. The molecule has 0 bridgehead atoms. The van der Waals surface area contributed by atoms with Gasteiger partial charge in [-0.3, -0.25) is 9.59 Å². The normalized spacial score (nSPS) is 19.9. The van der Waals surface area contributed by atoms with Crippen molar-refractivity contribution in [1.29, 1.82) is 0 Å². The van der Waals surface area contributed by atoms with Crippen LogP contribution >= 0.6 is 11.3 Å². The van der Waals surface area contributed by atoms with Crippen LogP contribution in [0.15, 0.2) is 17.1 Å². The lowest BCUT2D eigenvalue weighted by molar-refractivity contribution is -0.143. The lowest BCUT2D eigenvalue weighted by atomic mass is 9.79. The Balaban J connectivity index is 1.87. The average Bonchev–Trinajstić information content (AvgIpc) is 3.03. The molecule has 1 fully saturated rings. The van der Waals surface area contributed by atoms with E-state index in [-0.39, 0.29) is 24.3 Å². The highest BCUT2D eigenvalue weighted by atomic mass is 32.1. The Morgan fingerprint density at radius 1 is 1.13 bits per heavy atom. The van der Waals surface area contributed by atoms with Crippen LogP contribution in [0.25, 0.3) is 10.2 Å². The van der Waals surface area contributed by atoms with E-state index in [0.717, 1.165) is 47.4 Å². The van der Waals surface area contributed by atoms with Gasteiger partial charge in [0.2, 0.25) is 0 Å². The molecule has 0 unspecified atom stereocenters. The van der Waals surface area contributed by atoms with Crippen molar-refractivity contribution in [2.24, 2.45) is 16.8 Å². The van der Waals surface area contributed by atoms with Gasteiger partial charge in [-0.25, -0.2) is 0 Å². The number of carbonyl (C=O) groups is 2. The molecule has 6 heteroatoms. The molecular weight excluding hydrogens is 396 g/mol. The number of benzene rings is 1. The third-order valence-corrected chi connectivity index (χ3v) is 7.30. The maximum absolute atomic E-state index is 13.0. The van der Waals surface area contributed by atoms with Crippen molar-refractivity contribution in [2.75, 3.05) is 6.61 Å². The molecule has 1 aliphatic rings. The van der Waals surface area contributed by atoms with Gasteiger partial charge in [-0.05, 0) is 75.6 Å². The van der Waals surface area contributed by atoms with Gasteiger partial charge in [-0.15, -0.1) is 0 Å². The first-order valence-electron chi connectivity index (χ1n) is 11.3. The molecule has 2 aromatic rings. The van der Waals surface area contributed by atoms with Crippen molar-refractivity contribution >= 4 is 33.4 Å². The van der Waals surface area contributed by atoms with Crippen LogP contribution < -0.4 is 4.80 Å². The summed E-state index contributed by atoms with van der Waals surface area (Å²) in [6, 6.07) is 4.18. The fourth-order valence-electron chi connectivity index (χ4n) is 4.27. The highest BCUT2D eigenvalue weighted by molar-refractivity contribution is 7.16. The second kappa shape index (κ2) is 10.4. The molecule has 1 aromatic heterocycles. The number of fused-ring (bicyclic) bond motifs is 1. The lowest BCUT2D eigenvalue weighted by Crippen LogP contribution is -2.26. The number of aromatic nitrogens is 1. The van der Waals surface area contributed by atoms with Crippen LogP contribution in [0.5, 0.6) is 0 Å². The molecule has 1 aromatic carbocycles. The average molecular weight is 431 g/mol. The lowest BCUT2D eigenvalue weighted by Gasteiger charge is -2.26. The molecule has 5 nitrogen and oxygen atoms in total. The Morgan fingerprint density at radius 3 is 2.50 bits per heavy atom. The second-order valence-electron chi connectivity index (χ2n) is 8.49. The largest absolute Gasteiger partial charge is 0.465 e. The molecule has 164 valence electrons. The second-order valence-corrected chi connectivity index (χ2v) is 9.50. The van der Waals surface area contributed by atoms with E-state index in [0.29, 0.717) is 11.4 Å². The number of nitrogens with zero attached hydrogens (tertiary/aromatic N) is 2. The number of hydrogen-bond donors (Lipinski definition) is 0. The van der Waals surface area contributed by atoms with E-state index in [1.807, 2.05) is 4.57 Å². The van der Waals surface area contributed by atoms with Crippen LogP contribution in [0, 0.1) is 25.7 Å². The number of carbonyl (C=O) groups excluding carboxylic acids is 2. The fraction of sp³-hybridized carbons (Fsp3) is 0.625. The molecule has 0 radical (unpaired) electrons. The van der Waals surface area contributed by atoms with E-state index in [1.165, 1.54) is 36.2 Å². The Bertz CT molecular complexity index is 965. The molecule has 1 aliphatic carbocycles. The molecular formula is C24H34N2O3S. The zero-order valence-corrected chi connectivity index (χ0v) is 19.5. The minimum atomic E-state index is -0.305. The fourth-order valence-corrected chi connectivity index (χ4v) is 5.39. The number of aryl methyl sites for hydroxylation is 2. The van der Waals surface area contributed by atoms with E-state index in [9.17, 15) is 9.59 Å². The summed E-state index contributed by atoms with van der Waals surface area (Å²) in [5.41, 5.74) is 3.28. The number of thiazole rings is 1. The summed E-state index contributed by atoms with van der Waals surface area (Å²) in [6.07, 6.45) is 7.90. The van der Waals surface area contributed by atoms with Crippen molar-refractivity contribution in [3.05, 3.63) is 28.1 Å². The summed E-state index contributed by atoms with van der Waals surface area (Å²) < 4.78 is 8.04. The number of rotatable bonds is 7. The molecule has 0 N–H and O–H groups in total. The van der Waals surface area contributed by atoms with Crippen molar-refractivity contribution < 1.29 is 14.3 Å². The van der Waals surface area contributed by atoms with Gasteiger partial charge in [-0.1, -0.05) is 37.5 Å². The summed E-state index contributed by atoms with van der Waals surface area (Å²) in [5, 5.41) is 0. The van der Waals surface area contributed by atoms with E-state index < -0.39 is 0 Å². The molecule has 30 heavy (non-hydrogen) atoms. The molecule has 0 spiro atoms. The Labute approximate surface area is 183 Å². The first kappa shape index (κ1) is 22.7. The molecule has 1 amide bonds. The highest BCUT2D eigenvalue weighted by Gasteiger charge is 2.26. The Kier molecular flexibility index (Phi) is 7.87. The molecule has 0 aliphatic heterocycles.